The van der Waals surface area contributed by atoms with E-state index < -0.39 is 5.97 Å². The highest BCUT2D eigenvalue weighted by atomic mass is 35.5. The minimum atomic E-state index is -0.877. The standard InChI is InChI=1S/C11H13ClN4O2S/c1-6(2)8(5-9(17)18)16-11(13-14-15-16)10-7(12)3-4-19-10/h3-4,6,8H,5H2,1-2H3,(H,17,18). The average molecular weight is 301 g/mol. The van der Waals surface area contributed by atoms with E-state index in [2.05, 4.69) is 15.5 Å². The Labute approximate surface area is 119 Å². The van der Waals surface area contributed by atoms with Crippen molar-refractivity contribution in [2.45, 2.75) is 26.3 Å². The maximum Gasteiger partial charge on any atom is 0.305 e. The van der Waals surface area contributed by atoms with E-state index in [1.165, 1.54) is 11.3 Å². The average Bonchev–Trinajstić information content (AvgIpc) is 2.93. The minimum Gasteiger partial charge on any atom is -0.481 e. The Balaban J connectivity index is 2.42. The van der Waals surface area contributed by atoms with E-state index in [-0.39, 0.29) is 18.4 Å². The first-order valence-electron chi connectivity index (χ1n) is 5.73. The third-order valence-corrected chi connectivity index (χ3v) is 4.12. The van der Waals surface area contributed by atoms with E-state index >= 15 is 0 Å². The molecule has 0 saturated heterocycles. The van der Waals surface area contributed by atoms with Crippen molar-refractivity contribution in [1.82, 2.24) is 20.2 Å². The SMILES string of the molecule is CC(C)C(CC(=O)O)n1nnnc1-c1sccc1Cl. The fourth-order valence-electron chi connectivity index (χ4n) is 1.80. The number of hydrogen-bond donors (Lipinski definition) is 1. The smallest absolute Gasteiger partial charge is 0.305 e. The Bertz CT molecular complexity index is 581. The van der Waals surface area contributed by atoms with Crippen molar-refractivity contribution in [1.29, 1.82) is 0 Å². The van der Waals surface area contributed by atoms with Crippen LogP contribution in [0.25, 0.3) is 10.7 Å². The Morgan fingerprint density at radius 3 is 2.84 bits per heavy atom. The number of halogens is 1. The van der Waals surface area contributed by atoms with Crippen molar-refractivity contribution >= 4 is 28.9 Å². The molecule has 2 aromatic heterocycles. The topological polar surface area (TPSA) is 80.9 Å². The Morgan fingerprint density at radius 1 is 1.58 bits per heavy atom. The Hall–Kier alpha value is -1.47. The third-order valence-electron chi connectivity index (χ3n) is 2.78. The summed E-state index contributed by atoms with van der Waals surface area (Å²) in [7, 11) is 0. The number of carbonyl (C=O) groups is 1. The fourth-order valence-corrected chi connectivity index (χ4v) is 2.92. The third kappa shape index (κ3) is 2.93. The molecule has 0 aliphatic rings. The molecule has 2 rings (SSSR count). The maximum atomic E-state index is 11.0. The molecule has 2 heterocycles. The lowest BCUT2D eigenvalue weighted by atomic mass is 10.0. The predicted octanol–water partition coefficient (Wildman–Crippen LogP) is 2.73. The zero-order chi connectivity index (χ0) is 14.0. The van der Waals surface area contributed by atoms with E-state index in [9.17, 15) is 4.79 Å². The maximum absolute atomic E-state index is 11.0. The second-order valence-corrected chi connectivity index (χ2v) is 5.78. The molecular formula is C11H13ClN4O2S. The van der Waals surface area contributed by atoms with E-state index in [0.717, 1.165) is 4.88 Å². The van der Waals surface area contributed by atoms with Gasteiger partial charge in [-0.25, -0.2) is 4.68 Å². The second kappa shape index (κ2) is 5.66. The monoisotopic (exact) mass is 300 g/mol. The highest BCUT2D eigenvalue weighted by Crippen LogP contribution is 2.34. The van der Waals surface area contributed by atoms with Crippen LogP contribution >= 0.6 is 22.9 Å². The number of tetrazole rings is 1. The molecule has 19 heavy (non-hydrogen) atoms. The molecule has 2 aromatic rings. The van der Waals surface area contributed by atoms with Crippen LogP contribution in [-0.2, 0) is 4.79 Å². The lowest BCUT2D eigenvalue weighted by molar-refractivity contribution is -0.138. The van der Waals surface area contributed by atoms with Gasteiger partial charge in [0.05, 0.1) is 22.4 Å². The molecule has 6 nitrogen and oxygen atoms in total. The van der Waals surface area contributed by atoms with Crippen molar-refractivity contribution in [3.05, 3.63) is 16.5 Å². The van der Waals surface area contributed by atoms with Crippen LogP contribution in [0.2, 0.25) is 5.02 Å². The minimum absolute atomic E-state index is 0.0291. The molecule has 0 aromatic carbocycles. The Kier molecular flexibility index (Phi) is 4.16. The van der Waals surface area contributed by atoms with Crippen LogP contribution < -0.4 is 0 Å². The zero-order valence-electron chi connectivity index (χ0n) is 10.4. The van der Waals surface area contributed by atoms with Gasteiger partial charge in [0.25, 0.3) is 0 Å². The summed E-state index contributed by atoms with van der Waals surface area (Å²) in [4.78, 5) is 11.7. The first-order valence-corrected chi connectivity index (χ1v) is 6.99. The largest absolute Gasteiger partial charge is 0.481 e. The second-order valence-electron chi connectivity index (χ2n) is 4.45. The van der Waals surface area contributed by atoms with Crippen LogP contribution in [0.4, 0.5) is 0 Å². The fraction of sp³-hybridized carbons (Fsp3) is 0.455. The number of thiophene rings is 1. The zero-order valence-corrected chi connectivity index (χ0v) is 12.0. The molecule has 0 bridgehead atoms. The molecule has 1 N–H and O–H groups in total. The lowest BCUT2D eigenvalue weighted by Crippen LogP contribution is -2.21. The molecule has 0 saturated carbocycles. The van der Waals surface area contributed by atoms with Gasteiger partial charge >= 0.3 is 5.97 Å². The van der Waals surface area contributed by atoms with Gasteiger partial charge in [-0.1, -0.05) is 25.4 Å². The molecule has 1 unspecified atom stereocenters. The molecular weight excluding hydrogens is 288 g/mol. The quantitative estimate of drug-likeness (QED) is 0.918. The molecule has 0 aliphatic heterocycles. The van der Waals surface area contributed by atoms with E-state index in [1.54, 1.807) is 10.7 Å². The number of carboxylic acid groups (broad SMARTS) is 1. The van der Waals surface area contributed by atoms with Gasteiger partial charge in [-0.3, -0.25) is 4.79 Å². The van der Waals surface area contributed by atoms with Crippen LogP contribution in [0.5, 0.6) is 0 Å². The summed E-state index contributed by atoms with van der Waals surface area (Å²) >= 11 is 7.51. The number of hydrogen-bond acceptors (Lipinski definition) is 5. The molecule has 0 spiro atoms. The summed E-state index contributed by atoms with van der Waals surface area (Å²) in [5.74, 6) is -0.269. The molecule has 1 atom stereocenters. The summed E-state index contributed by atoms with van der Waals surface area (Å²) < 4.78 is 1.55. The first-order chi connectivity index (χ1) is 9.00. The highest BCUT2D eigenvalue weighted by molar-refractivity contribution is 7.14. The molecule has 0 aliphatic carbocycles. The van der Waals surface area contributed by atoms with Crippen LogP contribution in [0.1, 0.15) is 26.3 Å². The Morgan fingerprint density at radius 2 is 2.32 bits per heavy atom. The first kappa shape index (κ1) is 14.0. The highest BCUT2D eigenvalue weighted by Gasteiger charge is 2.25. The van der Waals surface area contributed by atoms with Crippen molar-refractivity contribution < 1.29 is 9.90 Å². The van der Waals surface area contributed by atoms with Crippen LogP contribution in [0.15, 0.2) is 11.4 Å². The van der Waals surface area contributed by atoms with Gasteiger partial charge in [0.15, 0.2) is 5.82 Å². The van der Waals surface area contributed by atoms with Gasteiger partial charge in [0.1, 0.15) is 0 Å². The van der Waals surface area contributed by atoms with Gasteiger partial charge in [0, 0.05) is 0 Å². The van der Waals surface area contributed by atoms with Gasteiger partial charge < -0.3 is 5.11 Å². The van der Waals surface area contributed by atoms with Gasteiger partial charge in [0.2, 0.25) is 0 Å². The normalized spacial score (nSPS) is 12.8. The summed E-state index contributed by atoms with van der Waals surface area (Å²) in [5.41, 5.74) is 0. The van der Waals surface area contributed by atoms with E-state index in [0.29, 0.717) is 10.8 Å². The van der Waals surface area contributed by atoms with Crippen molar-refractivity contribution in [3.63, 3.8) is 0 Å². The van der Waals surface area contributed by atoms with Crippen LogP contribution in [0, 0.1) is 5.92 Å². The number of nitrogens with zero attached hydrogens (tertiary/aromatic N) is 4. The van der Waals surface area contributed by atoms with E-state index in [4.69, 9.17) is 16.7 Å². The van der Waals surface area contributed by atoms with Crippen molar-refractivity contribution in [3.8, 4) is 10.7 Å². The van der Waals surface area contributed by atoms with Gasteiger partial charge in [-0.15, -0.1) is 16.4 Å². The summed E-state index contributed by atoms with van der Waals surface area (Å²) in [6.45, 7) is 3.88. The van der Waals surface area contributed by atoms with Crippen LogP contribution in [0.3, 0.4) is 0 Å². The number of aliphatic carboxylic acids is 1. The summed E-state index contributed by atoms with van der Waals surface area (Å²) in [5, 5.41) is 23.0. The van der Waals surface area contributed by atoms with Crippen molar-refractivity contribution in [2.75, 3.05) is 0 Å². The number of rotatable bonds is 5. The van der Waals surface area contributed by atoms with Crippen LogP contribution in [-0.4, -0.2) is 31.3 Å². The molecule has 0 radical (unpaired) electrons. The summed E-state index contributed by atoms with van der Waals surface area (Å²) in [6.07, 6.45) is -0.0291. The van der Waals surface area contributed by atoms with Gasteiger partial charge in [-0.05, 0) is 27.8 Å². The lowest BCUT2D eigenvalue weighted by Gasteiger charge is -2.19. The van der Waals surface area contributed by atoms with Gasteiger partial charge in [-0.2, -0.15) is 0 Å². The summed E-state index contributed by atoms with van der Waals surface area (Å²) in [6, 6.07) is 1.46. The molecule has 8 heteroatoms. The van der Waals surface area contributed by atoms with Crippen molar-refractivity contribution in [2.24, 2.45) is 5.92 Å². The number of carboxylic acids is 1. The molecule has 102 valence electrons. The molecule has 0 amide bonds. The van der Waals surface area contributed by atoms with E-state index in [1.807, 2.05) is 19.2 Å². The number of aromatic nitrogens is 4. The molecule has 0 fully saturated rings. The predicted molar refractivity (Wildman–Crippen MR) is 72.3 cm³/mol.